The van der Waals surface area contributed by atoms with Crippen LogP contribution in [0.3, 0.4) is 0 Å². The van der Waals surface area contributed by atoms with E-state index < -0.39 is 11.5 Å². The first kappa shape index (κ1) is 15.2. The molecule has 0 saturated heterocycles. The second-order valence-electron chi connectivity index (χ2n) is 6.21. The lowest BCUT2D eigenvalue weighted by Crippen LogP contribution is -2.49. The van der Waals surface area contributed by atoms with Crippen LogP contribution in [0.15, 0.2) is 24.3 Å². The van der Waals surface area contributed by atoms with Crippen molar-refractivity contribution >= 4 is 11.9 Å². The van der Waals surface area contributed by atoms with Gasteiger partial charge in [0.25, 0.3) is 5.91 Å². The van der Waals surface area contributed by atoms with Gasteiger partial charge in [-0.25, -0.2) is 4.79 Å². The Hall–Kier alpha value is -1.84. The molecule has 0 aliphatic rings. The smallest absolute Gasteiger partial charge is 0.328 e. The number of aliphatic carboxylic acids is 1. The van der Waals surface area contributed by atoms with Crippen LogP contribution < -0.4 is 5.32 Å². The van der Waals surface area contributed by atoms with E-state index in [1.807, 2.05) is 12.1 Å². The largest absolute Gasteiger partial charge is 0.480 e. The van der Waals surface area contributed by atoms with Crippen LogP contribution in [0, 0.1) is 0 Å². The molecule has 0 saturated carbocycles. The van der Waals surface area contributed by atoms with Crippen LogP contribution in [-0.2, 0) is 10.2 Å². The van der Waals surface area contributed by atoms with E-state index in [0.29, 0.717) is 5.56 Å². The van der Waals surface area contributed by atoms with Crippen LogP contribution in [0.1, 0.15) is 50.5 Å². The summed E-state index contributed by atoms with van der Waals surface area (Å²) < 4.78 is 0. The monoisotopic (exact) mass is 263 g/mol. The van der Waals surface area contributed by atoms with Gasteiger partial charge in [0.15, 0.2) is 0 Å². The number of benzene rings is 1. The summed E-state index contributed by atoms with van der Waals surface area (Å²) in [7, 11) is 0. The number of carbonyl (C=O) groups is 2. The minimum atomic E-state index is -1.28. The molecule has 0 radical (unpaired) electrons. The van der Waals surface area contributed by atoms with E-state index in [2.05, 4.69) is 26.1 Å². The Balaban J connectivity index is 2.88. The molecule has 1 rings (SSSR count). The Morgan fingerprint density at radius 1 is 1.00 bits per heavy atom. The fourth-order valence-corrected chi connectivity index (χ4v) is 1.53. The van der Waals surface area contributed by atoms with Crippen LogP contribution in [0.2, 0.25) is 0 Å². The molecule has 4 nitrogen and oxygen atoms in total. The van der Waals surface area contributed by atoms with Crippen LogP contribution in [0.4, 0.5) is 0 Å². The molecule has 1 amide bonds. The summed E-state index contributed by atoms with van der Waals surface area (Å²) in [5.74, 6) is -1.44. The van der Waals surface area contributed by atoms with Crippen molar-refractivity contribution < 1.29 is 14.7 Å². The highest BCUT2D eigenvalue weighted by molar-refractivity contribution is 5.97. The third kappa shape index (κ3) is 3.81. The number of carboxylic acids is 1. The Bertz CT molecular complexity index is 481. The molecule has 1 aromatic carbocycles. The maximum Gasteiger partial charge on any atom is 0.328 e. The maximum atomic E-state index is 12.0. The van der Waals surface area contributed by atoms with Gasteiger partial charge in [0, 0.05) is 5.56 Å². The molecule has 0 unspecified atom stereocenters. The lowest BCUT2D eigenvalue weighted by molar-refractivity contribution is -0.143. The Labute approximate surface area is 113 Å². The van der Waals surface area contributed by atoms with Crippen LogP contribution in [-0.4, -0.2) is 22.5 Å². The maximum absolute atomic E-state index is 12.0. The predicted octanol–water partition coefficient (Wildman–Crippen LogP) is 2.58. The van der Waals surface area contributed by atoms with Crippen molar-refractivity contribution in [3.63, 3.8) is 0 Å². The van der Waals surface area contributed by atoms with Gasteiger partial charge in [-0.15, -0.1) is 0 Å². The van der Waals surface area contributed by atoms with E-state index in [9.17, 15) is 9.59 Å². The molecule has 2 N–H and O–H groups in total. The molecular weight excluding hydrogens is 242 g/mol. The van der Waals surface area contributed by atoms with Gasteiger partial charge in [-0.3, -0.25) is 4.79 Å². The second kappa shape index (κ2) is 5.03. The number of hydrogen-bond acceptors (Lipinski definition) is 2. The number of carboxylic acid groups (broad SMARTS) is 1. The highest BCUT2D eigenvalue weighted by Gasteiger charge is 2.29. The van der Waals surface area contributed by atoms with Crippen LogP contribution in [0.5, 0.6) is 0 Å². The number of nitrogens with one attached hydrogen (secondary N) is 1. The van der Waals surface area contributed by atoms with Gasteiger partial charge in [-0.1, -0.05) is 32.9 Å². The van der Waals surface area contributed by atoms with Gasteiger partial charge < -0.3 is 10.4 Å². The SMILES string of the molecule is CC(C)(NC(=O)c1ccc(C(C)(C)C)cc1)C(=O)O. The highest BCUT2D eigenvalue weighted by atomic mass is 16.4. The summed E-state index contributed by atoms with van der Waals surface area (Å²) in [6.45, 7) is 9.19. The normalized spacial score (nSPS) is 12.1. The van der Waals surface area contributed by atoms with Gasteiger partial charge in [0.1, 0.15) is 5.54 Å². The van der Waals surface area contributed by atoms with Crippen molar-refractivity contribution in [1.29, 1.82) is 0 Å². The third-order valence-electron chi connectivity index (χ3n) is 2.97. The van der Waals surface area contributed by atoms with E-state index in [4.69, 9.17) is 5.11 Å². The van der Waals surface area contributed by atoms with Gasteiger partial charge in [-0.05, 0) is 37.0 Å². The molecule has 4 heteroatoms. The predicted molar refractivity (Wildman–Crippen MR) is 74.3 cm³/mol. The zero-order valence-corrected chi connectivity index (χ0v) is 12.1. The number of amides is 1. The number of carbonyl (C=O) groups excluding carboxylic acids is 1. The molecule has 104 valence electrons. The average molecular weight is 263 g/mol. The van der Waals surface area contributed by atoms with Crippen molar-refractivity contribution in [2.45, 2.75) is 45.6 Å². The Morgan fingerprint density at radius 3 is 1.84 bits per heavy atom. The summed E-state index contributed by atoms with van der Waals surface area (Å²) in [6.07, 6.45) is 0. The Kier molecular flexibility index (Phi) is 4.03. The van der Waals surface area contributed by atoms with Crippen LogP contribution in [0.25, 0.3) is 0 Å². The molecule has 1 aromatic rings. The van der Waals surface area contributed by atoms with Gasteiger partial charge in [0.2, 0.25) is 0 Å². The van der Waals surface area contributed by atoms with E-state index in [1.165, 1.54) is 13.8 Å². The fourth-order valence-electron chi connectivity index (χ4n) is 1.53. The molecule has 0 aliphatic carbocycles. The van der Waals surface area contributed by atoms with E-state index in [-0.39, 0.29) is 11.3 Å². The molecule has 0 bridgehead atoms. The van der Waals surface area contributed by atoms with Crippen molar-refractivity contribution in [3.8, 4) is 0 Å². The third-order valence-corrected chi connectivity index (χ3v) is 2.97. The van der Waals surface area contributed by atoms with E-state index in [0.717, 1.165) is 5.56 Å². The van der Waals surface area contributed by atoms with Crippen molar-refractivity contribution in [3.05, 3.63) is 35.4 Å². The topological polar surface area (TPSA) is 66.4 Å². The summed E-state index contributed by atoms with van der Waals surface area (Å²) in [6, 6.07) is 7.22. The van der Waals surface area contributed by atoms with Gasteiger partial charge in [-0.2, -0.15) is 0 Å². The summed E-state index contributed by atoms with van der Waals surface area (Å²) in [5, 5.41) is 11.5. The van der Waals surface area contributed by atoms with E-state index in [1.54, 1.807) is 12.1 Å². The zero-order valence-electron chi connectivity index (χ0n) is 12.1. The molecule has 0 aliphatic heterocycles. The van der Waals surface area contributed by atoms with Crippen molar-refractivity contribution in [2.75, 3.05) is 0 Å². The highest BCUT2D eigenvalue weighted by Crippen LogP contribution is 2.22. The van der Waals surface area contributed by atoms with Crippen molar-refractivity contribution in [2.24, 2.45) is 0 Å². The van der Waals surface area contributed by atoms with Gasteiger partial charge in [0.05, 0.1) is 0 Å². The molecule has 0 heterocycles. The quantitative estimate of drug-likeness (QED) is 0.880. The Morgan fingerprint density at radius 2 is 1.47 bits per heavy atom. The number of rotatable bonds is 3. The standard InChI is InChI=1S/C15H21NO3/c1-14(2,3)11-8-6-10(7-9-11)12(17)16-15(4,5)13(18)19/h6-9H,1-5H3,(H,16,17)(H,18,19). The van der Waals surface area contributed by atoms with E-state index >= 15 is 0 Å². The fraction of sp³-hybridized carbons (Fsp3) is 0.467. The first-order chi connectivity index (χ1) is 8.54. The molecule has 19 heavy (non-hydrogen) atoms. The minimum absolute atomic E-state index is 0.0232. The number of hydrogen-bond donors (Lipinski definition) is 2. The molecular formula is C15H21NO3. The molecule has 0 fully saturated rings. The van der Waals surface area contributed by atoms with Gasteiger partial charge >= 0.3 is 5.97 Å². The van der Waals surface area contributed by atoms with Crippen LogP contribution >= 0.6 is 0 Å². The first-order valence-electron chi connectivity index (χ1n) is 6.20. The summed E-state index contributed by atoms with van der Waals surface area (Å²) in [4.78, 5) is 22.9. The molecule has 0 aromatic heterocycles. The summed E-state index contributed by atoms with van der Waals surface area (Å²) in [5.41, 5.74) is 0.332. The minimum Gasteiger partial charge on any atom is -0.480 e. The second-order valence-corrected chi connectivity index (χ2v) is 6.21. The lowest BCUT2D eigenvalue weighted by Gasteiger charge is -2.22. The lowest BCUT2D eigenvalue weighted by atomic mass is 9.86. The zero-order chi connectivity index (χ0) is 14.8. The van der Waals surface area contributed by atoms with Crippen molar-refractivity contribution in [1.82, 2.24) is 5.32 Å². The summed E-state index contributed by atoms with van der Waals surface area (Å²) >= 11 is 0. The molecule has 0 spiro atoms. The first-order valence-corrected chi connectivity index (χ1v) is 6.20. The average Bonchev–Trinajstić information content (AvgIpc) is 2.27. The molecule has 0 atom stereocenters.